The summed E-state index contributed by atoms with van der Waals surface area (Å²) >= 11 is 0. The fourth-order valence-corrected chi connectivity index (χ4v) is 4.41. The second kappa shape index (κ2) is 9.39. The van der Waals surface area contributed by atoms with Gasteiger partial charge in [-0.05, 0) is 72.1 Å². The number of aliphatic carboxylic acids is 1. The number of hydrogen-bond acceptors (Lipinski definition) is 4. The van der Waals surface area contributed by atoms with Gasteiger partial charge in [0.15, 0.2) is 0 Å². The number of rotatable bonds is 7. The van der Waals surface area contributed by atoms with E-state index in [0.717, 1.165) is 42.0 Å². The number of nitro benzene ring substituents is 1. The summed E-state index contributed by atoms with van der Waals surface area (Å²) in [4.78, 5) is 22.7. The minimum Gasteiger partial charge on any atom is -0.483 e. The highest BCUT2D eigenvalue weighted by atomic mass is 16.6. The number of carbonyl (C=O) groups is 1. The number of carboxylic acid groups (broad SMARTS) is 1. The highest BCUT2D eigenvalue weighted by Gasteiger charge is 2.27. The van der Waals surface area contributed by atoms with Crippen molar-refractivity contribution in [1.29, 1.82) is 0 Å². The third kappa shape index (κ3) is 4.90. The first-order valence-corrected chi connectivity index (χ1v) is 11.1. The lowest BCUT2D eigenvalue weighted by Gasteiger charge is -2.27. The number of carboxylic acids is 1. The average molecular weight is 434 g/mol. The standard InChI is InChI=1S/C26H27NO5/c1-17-6-11-22(12-7-17)32-26-23(21-10-9-19-4-2-3-5-20(19)16-21)14-18(8-13-25(28)29)15-24(26)27(30)31/h2-5,9-10,14-17,22H,6-8,11-13H2,1H3,(H,28,29). The molecule has 1 saturated carbocycles. The van der Waals surface area contributed by atoms with E-state index < -0.39 is 10.9 Å². The monoisotopic (exact) mass is 433 g/mol. The van der Waals surface area contributed by atoms with Gasteiger partial charge in [-0.25, -0.2) is 0 Å². The zero-order valence-electron chi connectivity index (χ0n) is 18.1. The molecule has 166 valence electrons. The first-order chi connectivity index (χ1) is 15.4. The molecule has 0 saturated heterocycles. The van der Waals surface area contributed by atoms with Crippen LogP contribution in [0.5, 0.6) is 5.75 Å². The first kappa shape index (κ1) is 21.8. The molecule has 4 rings (SSSR count). The predicted molar refractivity (Wildman–Crippen MR) is 124 cm³/mol. The van der Waals surface area contributed by atoms with Crippen LogP contribution in [0.25, 0.3) is 21.9 Å². The van der Waals surface area contributed by atoms with E-state index in [0.29, 0.717) is 17.0 Å². The highest BCUT2D eigenvalue weighted by molar-refractivity contribution is 5.89. The lowest BCUT2D eigenvalue weighted by Crippen LogP contribution is -2.23. The van der Waals surface area contributed by atoms with Crippen LogP contribution in [0.3, 0.4) is 0 Å². The van der Waals surface area contributed by atoms with Gasteiger partial charge in [-0.3, -0.25) is 14.9 Å². The Morgan fingerprint density at radius 2 is 1.78 bits per heavy atom. The van der Waals surface area contributed by atoms with E-state index in [2.05, 4.69) is 6.92 Å². The molecule has 0 unspecified atom stereocenters. The van der Waals surface area contributed by atoms with E-state index in [4.69, 9.17) is 9.84 Å². The molecule has 0 aromatic heterocycles. The smallest absolute Gasteiger partial charge is 0.311 e. The molecule has 1 fully saturated rings. The van der Waals surface area contributed by atoms with Crippen LogP contribution in [0.15, 0.2) is 54.6 Å². The normalized spacial score (nSPS) is 18.4. The Balaban J connectivity index is 1.82. The Labute approximate surface area is 187 Å². The molecule has 3 aromatic carbocycles. The topological polar surface area (TPSA) is 89.7 Å². The molecular formula is C26H27NO5. The van der Waals surface area contributed by atoms with Gasteiger partial charge in [0.2, 0.25) is 5.75 Å². The second-order valence-electron chi connectivity index (χ2n) is 8.70. The van der Waals surface area contributed by atoms with Crippen LogP contribution < -0.4 is 4.74 Å². The van der Waals surface area contributed by atoms with Gasteiger partial charge in [0.05, 0.1) is 11.0 Å². The first-order valence-electron chi connectivity index (χ1n) is 11.1. The summed E-state index contributed by atoms with van der Waals surface area (Å²) in [5.74, 6) is -0.0105. The van der Waals surface area contributed by atoms with Crippen molar-refractivity contribution < 1.29 is 19.6 Å². The van der Waals surface area contributed by atoms with Crippen LogP contribution in [0.2, 0.25) is 0 Å². The summed E-state index contributed by atoms with van der Waals surface area (Å²) in [6, 6.07) is 17.2. The SMILES string of the molecule is CC1CCC(Oc2c(-c3ccc4ccccc4c3)cc(CCC(=O)O)cc2[N+](=O)[O-])CC1. The number of nitrogens with zero attached hydrogens (tertiary/aromatic N) is 1. The maximum Gasteiger partial charge on any atom is 0.311 e. The molecule has 0 bridgehead atoms. The molecule has 6 heteroatoms. The van der Waals surface area contributed by atoms with Gasteiger partial charge in [0.1, 0.15) is 0 Å². The number of aryl methyl sites for hydroxylation is 1. The van der Waals surface area contributed by atoms with Gasteiger partial charge in [-0.2, -0.15) is 0 Å². The van der Waals surface area contributed by atoms with E-state index in [9.17, 15) is 14.9 Å². The summed E-state index contributed by atoms with van der Waals surface area (Å²) < 4.78 is 6.32. The summed E-state index contributed by atoms with van der Waals surface area (Å²) in [7, 11) is 0. The van der Waals surface area contributed by atoms with Crippen LogP contribution in [-0.4, -0.2) is 22.1 Å². The number of benzene rings is 3. The van der Waals surface area contributed by atoms with Crippen LogP contribution in [0, 0.1) is 16.0 Å². The average Bonchev–Trinajstić information content (AvgIpc) is 2.79. The Morgan fingerprint density at radius 1 is 1.06 bits per heavy atom. The minimum atomic E-state index is -0.934. The predicted octanol–water partition coefficient (Wildman–Crippen LogP) is 6.39. The van der Waals surface area contributed by atoms with Gasteiger partial charge in [-0.1, -0.05) is 43.3 Å². The number of hydrogen-bond donors (Lipinski definition) is 1. The fraction of sp³-hybridized carbons (Fsp3) is 0.346. The van der Waals surface area contributed by atoms with Crippen molar-refractivity contribution in [3.05, 3.63) is 70.3 Å². The number of ether oxygens (including phenoxy) is 1. The van der Waals surface area contributed by atoms with Crippen LogP contribution >= 0.6 is 0 Å². The summed E-state index contributed by atoms with van der Waals surface area (Å²) in [5, 5.41) is 23.2. The maximum absolute atomic E-state index is 12.0. The van der Waals surface area contributed by atoms with E-state index in [1.54, 1.807) is 0 Å². The molecule has 0 spiro atoms. The zero-order valence-corrected chi connectivity index (χ0v) is 18.1. The van der Waals surface area contributed by atoms with Crippen molar-refractivity contribution in [3.63, 3.8) is 0 Å². The molecule has 1 aliphatic carbocycles. The van der Waals surface area contributed by atoms with E-state index >= 15 is 0 Å². The van der Waals surface area contributed by atoms with Gasteiger partial charge < -0.3 is 9.84 Å². The molecule has 1 aliphatic rings. The summed E-state index contributed by atoms with van der Waals surface area (Å²) in [6.07, 6.45) is 3.90. The van der Waals surface area contributed by atoms with Crippen molar-refractivity contribution >= 4 is 22.4 Å². The Morgan fingerprint density at radius 3 is 2.47 bits per heavy atom. The van der Waals surface area contributed by atoms with Crippen molar-refractivity contribution in [3.8, 4) is 16.9 Å². The molecular weight excluding hydrogens is 406 g/mol. The highest BCUT2D eigenvalue weighted by Crippen LogP contribution is 2.42. The number of fused-ring (bicyclic) bond motifs is 1. The fourth-order valence-electron chi connectivity index (χ4n) is 4.41. The molecule has 0 amide bonds. The Bertz CT molecular complexity index is 1150. The molecule has 0 atom stereocenters. The van der Waals surface area contributed by atoms with Gasteiger partial charge in [0, 0.05) is 18.1 Å². The van der Waals surface area contributed by atoms with Crippen molar-refractivity contribution in [2.45, 2.75) is 51.6 Å². The summed E-state index contributed by atoms with van der Waals surface area (Å²) in [6.45, 7) is 2.22. The lowest BCUT2D eigenvalue weighted by atomic mass is 9.88. The molecule has 1 N–H and O–H groups in total. The van der Waals surface area contributed by atoms with E-state index in [1.165, 1.54) is 6.07 Å². The molecule has 6 nitrogen and oxygen atoms in total. The number of nitro groups is 1. The third-order valence-electron chi connectivity index (χ3n) is 6.26. The molecule has 0 radical (unpaired) electrons. The Kier molecular flexibility index (Phi) is 6.40. The molecule has 32 heavy (non-hydrogen) atoms. The lowest BCUT2D eigenvalue weighted by molar-refractivity contribution is -0.386. The summed E-state index contributed by atoms with van der Waals surface area (Å²) in [5.41, 5.74) is 1.98. The van der Waals surface area contributed by atoms with Gasteiger partial charge in [-0.15, -0.1) is 0 Å². The Hall–Kier alpha value is -3.41. The van der Waals surface area contributed by atoms with E-state index in [1.807, 2.05) is 48.5 Å². The van der Waals surface area contributed by atoms with E-state index in [-0.39, 0.29) is 30.4 Å². The molecule has 0 heterocycles. The van der Waals surface area contributed by atoms with Crippen molar-refractivity contribution in [1.82, 2.24) is 0 Å². The van der Waals surface area contributed by atoms with Crippen molar-refractivity contribution in [2.24, 2.45) is 5.92 Å². The zero-order chi connectivity index (χ0) is 22.7. The maximum atomic E-state index is 12.0. The largest absolute Gasteiger partial charge is 0.483 e. The quantitative estimate of drug-likeness (QED) is 0.344. The van der Waals surface area contributed by atoms with Crippen LogP contribution in [0.1, 0.15) is 44.6 Å². The second-order valence-corrected chi connectivity index (χ2v) is 8.70. The third-order valence-corrected chi connectivity index (χ3v) is 6.26. The van der Waals surface area contributed by atoms with Gasteiger partial charge >= 0.3 is 11.7 Å². The van der Waals surface area contributed by atoms with Crippen LogP contribution in [0.4, 0.5) is 5.69 Å². The van der Waals surface area contributed by atoms with Crippen LogP contribution in [-0.2, 0) is 11.2 Å². The molecule has 0 aliphatic heterocycles. The molecule has 3 aromatic rings. The van der Waals surface area contributed by atoms with Crippen molar-refractivity contribution in [2.75, 3.05) is 0 Å². The van der Waals surface area contributed by atoms with Gasteiger partial charge in [0.25, 0.3) is 0 Å². The minimum absolute atomic E-state index is 0.0611.